The standard InChI is InChI=1S/C11H11FN2O2/c1-11(2,10(15)16)14-9-4-3-8(12)5-7(9)6-13/h3-5,14H,1-2H3,(H,15,16). The second-order valence-corrected chi connectivity index (χ2v) is 3.86. The molecule has 0 radical (unpaired) electrons. The molecule has 0 fully saturated rings. The molecule has 5 heteroatoms. The van der Waals surface area contributed by atoms with Crippen LogP contribution in [0.4, 0.5) is 10.1 Å². The maximum Gasteiger partial charge on any atom is 0.328 e. The molecule has 0 heterocycles. The number of aliphatic carboxylic acids is 1. The molecule has 2 N–H and O–H groups in total. The third kappa shape index (κ3) is 2.48. The third-order valence-electron chi connectivity index (χ3n) is 2.08. The molecule has 1 aromatic rings. The van der Waals surface area contributed by atoms with E-state index in [0.29, 0.717) is 5.69 Å². The Bertz CT molecular complexity index is 464. The Balaban J connectivity index is 3.08. The highest BCUT2D eigenvalue weighted by Crippen LogP contribution is 2.20. The SMILES string of the molecule is CC(C)(Nc1ccc(F)cc1C#N)C(=O)O. The van der Waals surface area contributed by atoms with E-state index >= 15 is 0 Å². The summed E-state index contributed by atoms with van der Waals surface area (Å²) in [6.07, 6.45) is 0. The second kappa shape index (κ2) is 4.19. The number of benzene rings is 1. The summed E-state index contributed by atoms with van der Waals surface area (Å²) in [6.45, 7) is 2.92. The first kappa shape index (κ1) is 12.0. The summed E-state index contributed by atoms with van der Waals surface area (Å²) in [6, 6.07) is 5.37. The summed E-state index contributed by atoms with van der Waals surface area (Å²) in [5.41, 5.74) is -0.839. The topological polar surface area (TPSA) is 73.1 Å². The molecule has 84 valence electrons. The lowest BCUT2D eigenvalue weighted by Crippen LogP contribution is -2.40. The fourth-order valence-corrected chi connectivity index (χ4v) is 1.11. The van der Waals surface area contributed by atoms with Crippen molar-refractivity contribution < 1.29 is 14.3 Å². The summed E-state index contributed by atoms with van der Waals surface area (Å²) < 4.78 is 12.8. The van der Waals surface area contributed by atoms with E-state index in [4.69, 9.17) is 10.4 Å². The minimum Gasteiger partial charge on any atom is -0.480 e. The molecular formula is C11H11FN2O2. The zero-order valence-corrected chi connectivity index (χ0v) is 8.91. The van der Waals surface area contributed by atoms with Gasteiger partial charge in [-0.15, -0.1) is 0 Å². The largest absolute Gasteiger partial charge is 0.480 e. The van der Waals surface area contributed by atoms with E-state index in [0.717, 1.165) is 6.07 Å². The van der Waals surface area contributed by atoms with E-state index in [2.05, 4.69) is 5.32 Å². The van der Waals surface area contributed by atoms with Crippen molar-refractivity contribution in [2.24, 2.45) is 0 Å². The molecule has 16 heavy (non-hydrogen) atoms. The average molecular weight is 222 g/mol. The first-order valence-electron chi connectivity index (χ1n) is 4.58. The molecular weight excluding hydrogens is 211 g/mol. The van der Waals surface area contributed by atoms with Crippen LogP contribution in [0.5, 0.6) is 0 Å². The van der Waals surface area contributed by atoms with E-state index in [1.165, 1.54) is 26.0 Å². The van der Waals surface area contributed by atoms with Crippen LogP contribution in [0.3, 0.4) is 0 Å². The van der Waals surface area contributed by atoms with Crippen molar-refractivity contribution in [2.45, 2.75) is 19.4 Å². The van der Waals surface area contributed by atoms with Crippen molar-refractivity contribution in [3.05, 3.63) is 29.6 Å². The van der Waals surface area contributed by atoms with E-state index in [1.54, 1.807) is 6.07 Å². The Hall–Kier alpha value is -2.09. The smallest absolute Gasteiger partial charge is 0.328 e. The molecule has 0 bridgehead atoms. The molecule has 0 aliphatic carbocycles. The van der Waals surface area contributed by atoms with Crippen LogP contribution in [0.15, 0.2) is 18.2 Å². The molecule has 1 aromatic carbocycles. The number of rotatable bonds is 3. The number of nitriles is 1. The van der Waals surface area contributed by atoms with Crippen molar-refractivity contribution in [2.75, 3.05) is 5.32 Å². The molecule has 0 saturated heterocycles. The number of carboxylic acid groups (broad SMARTS) is 1. The Kier molecular flexibility index (Phi) is 3.14. The van der Waals surface area contributed by atoms with E-state index < -0.39 is 17.3 Å². The highest BCUT2D eigenvalue weighted by molar-refractivity contribution is 5.82. The van der Waals surface area contributed by atoms with Gasteiger partial charge >= 0.3 is 5.97 Å². The highest BCUT2D eigenvalue weighted by atomic mass is 19.1. The van der Waals surface area contributed by atoms with Crippen LogP contribution in [0.1, 0.15) is 19.4 Å². The minimum absolute atomic E-state index is 0.0781. The first-order valence-corrected chi connectivity index (χ1v) is 4.58. The van der Waals surface area contributed by atoms with Gasteiger partial charge in [0.15, 0.2) is 0 Å². The van der Waals surface area contributed by atoms with Gasteiger partial charge in [-0.3, -0.25) is 0 Å². The summed E-state index contributed by atoms with van der Waals surface area (Å²) in [5, 5.41) is 20.4. The van der Waals surface area contributed by atoms with Gasteiger partial charge in [-0.1, -0.05) is 0 Å². The van der Waals surface area contributed by atoms with E-state index in [9.17, 15) is 9.18 Å². The van der Waals surface area contributed by atoms with Crippen molar-refractivity contribution >= 4 is 11.7 Å². The number of halogens is 1. The normalized spacial score (nSPS) is 10.6. The lowest BCUT2D eigenvalue weighted by molar-refractivity contribution is -0.141. The van der Waals surface area contributed by atoms with Gasteiger partial charge in [-0.25, -0.2) is 9.18 Å². The van der Waals surface area contributed by atoms with Crippen LogP contribution in [0.25, 0.3) is 0 Å². The molecule has 0 saturated carbocycles. The minimum atomic E-state index is -1.22. The molecule has 0 aromatic heterocycles. The fraction of sp³-hybridized carbons (Fsp3) is 0.273. The number of hydrogen-bond donors (Lipinski definition) is 2. The lowest BCUT2D eigenvalue weighted by atomic mass is 10.0. The predicted octanol–water partition coefficient (Wildman–Crippen LogP) is 1.97. The van der Waals surface area contributed by atoms with Gasteiger partial charge in [0.2, 0.25) is 0 Å². The second-order valence-electron chi connectivity index (χ2n) is 3.86. The van der Waals surface area contributed by atoms with E-state index in [-0.39, 0.29) is 5.56 Å². The van der Waals surface area contributed by atoms with Crippen molar-refractivity contribution in [1.29, 1.82) is 5.26 Å². The average Bonchev–Trinajstić information content (AvgIpc) is 2.20. The van der Waals surface area contributed by atoms with Crippen LogP contribution >= 0.6 is 0 Å². The summed E-state index contributed by atoms with van der Waals surface area (Å²) in [5.74, 6) is -1.59. The lowest BCUT2D eigenvalue weighted by Gasteiger charge is -2.23. The highest BCUT2D eigenvalue weighted by Gasteiger charge is 2.27. The summed E-state index contributed by atoms with van der Waals surface area (Å²) in [4.78, 5) is 10.9. The van der Waals surface area contributed by atoms with Gasteiger partial charge < -0.3 is 10.4 Å². The monoisotopic (exact) mass is 222 g/mol. The van der Waals surface area contributed by atoms with Gasteiger partial charge in [0.05, 0.1) is 11.3 Å². The van der Waals surface area contributed by atoms with Gasteiger partial charge in [0.25, 0.3) is 0 Å². The molecule has 0 aliphatic rings. The van der Waals surface area contributed by atoms with Crippen LogP contribution in [-0.2, 0) is 4.79 Å². The number of anilines is 1. The van der Waals surface area contributed by atoms with Crippen LogP contribution in [0, 0.1) is 17.1 Å². The number of carboxylic acids is 1. The molecule has 0 amide bonds. The first-order chi connectivity index (χ1) is 7.36. The van der Waals surface area contributed by atoms with Gasteiger partial charge in [0, 0.05) is 0 Å². The van der Waals surface area contributed by atoms with Crippen LogP contribution in [0.2, 0.25) is 0 Å². The number of hydrogen-bond acceptors (Lipinski definition) is 3. The number of nitrogens with zero attached hydrogens (tertiary/aromatic N) is 1. The van der Waals surface area contributed by atoms with Crippen LogP contribution < -0.4 is 5.32 Å². The van der Waals surface area contributed by atoms with Gasteiger partial charge in [-0.2, -0.15) is 5.26 Å². The number of carbonyl (C=O) groups is 1. The molecule has 0 aliphatic heterocycles. The van der Waals surface area contributed by atoms with Crippen molar-refractivity contribution in [3.8, 4) is 6.07 Å². The maximum atomic E-state index is 12.8. The molecule has 0 atom stereocenters. The number of nitrogens with one attached hydrogen (secondary N) is 1. The summed E-state index contributed by atoms with van der Waals surface area (Å²) >= 11 is 0. The van der Waals surface area contributed by atoms with E-state index in [1.807, 2.05) is 0 Å². The molecule has 4 nitrogen and oxygen atoms in total. The van der Waals surface area contributed by atoms with Gasteiger partial charge in [-0.05, 0) is 32.0 Å². The zero-order valence-electron chi connectivity index (χ0n) is 8.91. The van der Waals surface area contributed by atoms with Gasteiger partial charge in [0.1, 0.15) is 17.4 Å². The van der Waals surface area contributed by atoms with Crippen molar-refractivity contribution in [1.82, 2.24) is 0 Å². The Morgan fingerprint density at radius 1 is 1.56 bits per heavy atom. The van der Waals surface area contributed by atoms with Crippen molar-refractivity contribution in [3.63, 3.8) is 0 Å². The Morgan fingerprint density at radius 3 is 2.69 bits per heavy atom. The predicted molar refractivity (Wildman–Crippen MR) is 56.5 cm³/mol. The molecule has 0 spiro atoms. The quantitative estimate of drug-likeness (QED) is 0.820. The van der Waals surface area contributed by atoms with Crippen LogP contribution in [-0.4, -0.2) is 16.6 Å². The molecule has 1 rings (SSSR count). The maximum absolute atomic E-state index is 12.8. The summed E-state index contributed by atoms with van der Waals surface area (Å²) in [7, 11) is 0. The third-order valence-corrected chi connectivity index (χ3v) is 2.08. The molecule has 0 unspecified atom stereocenters. The zero-order chi connectivity index (χ0) is 12.3. The Morgan fingerprint density at radius 2 is 2.19 bits per heavy atom. The Labute approximate surface area is 92.3 Å². The fourth-order valence-electron chi connectivity index (χ4n) is 1.11.